The summed E-state index contributed by atoms with van der Waals surface area (Å²) in [5, 5.41) is 0. The SMILES string of the molecule is NCC(c1ccc2c(c1)OCCO2)N1CCCCC1. The van der Waals surface area contributed by atoms with Crippen molar-refractivity contribution < 1.29 is 9.47 Å². The summed E-state index contributed by atoms with van der Waals surface area (Å²) in [5.41, 5.74) is 7.24. The number of ether oxygens (including phenoxy) is 2. The molecule has 0 bridgehead atoms. The van der Waals surface area contributed by atoms with Gasteiger partial charge in [0.15, 0.2) is 11.5 Å². The van der Waals surface area contributed by atoms with Crippen molar-refractivity contribution in [2.45, 2.75) is 25.3 Å². The Kier molecular flexibility index (Phi) is 3.89. The van der Waals surface area contributed by atoms with Gasteiger partial charge < -0.3 is 15.2 Å². The first-order valence-corrected chi connectivity index (χ1v) is 7.22. The maximum absolute atomic E-state index is 6.00. The van der Waals surface area contributed by atoms with Gasteiger partial charge in [0.05, 0.1) is 0 Å². The summed E-state index contributed by atoms with van der Waals surface area (Å²) >= 11 is 0. The minimum Gasteiger partial charge on any atom is -0.486 e. The van der Waals surface area contributed by atoms with Gasteiger partial charge in [-0.05, 0) is 43.6 Å². The van der Waals surface area contributed by atoms with Gasteiger partial charge in [0.25, 0.3) is 0 Å². The number of nitrogens with two attached hydrogens (primary N) is 1. The number of likely N-dealkylation sites (tertiary alicyclic amines) is 1. The molecule has 2 N–H and O–H groups in total. The van der Waals surface area contributed by atoms with E-state index >= 15 is 0 Å². The molecular formula is C15H22N2O2. The Hall–Kier alpha value is -1.26. The first kappa shape index (κ1) is 12.8. The molecule has 4 heteroatoms. The Labute approximate surface area is 114 Å². The summed E-state index contributed by atoms with van der Waals surface area (Å²) in [7, 11) is 0. The van der Waals surface area contributed by atoms with Crippen LogP contribution in [-0.4, -0.2) is 37.7 Å². The maximum Gasteiger partial charge on any atom is 0.161 e. The lowest BCUT2D eigenvalue weighted by atomic mass is 10.0. The van der Waals surface area contributed by atoms with E-state index < -0.39 is 0 Å². The molecule has 104 valence electrons. The zero-order valence-electron chi connectivity index (χ0n) is 11.3. The van der Waals surface area contributed by atoms with E-state index in [1.165, 1.54) is 24.8 Å². The van der Waals surface area contributed by atoms with Crippen LogP contribution in [0, 0.1) is 0 Å². The Morgan fingerprint density at radius 2 is 1.79 bits per heavy atom. The van der Waals surface area contributed by atoms with Crippen LogP contribution in [-0.2, 0) is 0 Å². The first-order valence-electron chi connectivity index (χ1n) is 7.22. The molecule has 0 saturated carbocycles. The lowest BCUT2D eigenvalue weighted by Gasteiger charge is -2.34. The van der Waals surface area contributed by atoms with Crippen LogP contribution in [0.2, 0.25) is 0 Å². The third-order valence-electron chi connectivity index (χ3n) is 4.01. The van der Waals surface area contributed by atoms with Crippen LogP contribution in [0.25, 0.3) is 0 Å². The van der Waals surface area contributed by atoms with Gasteiger partial charge in [-0.3, -0.25) is 4.90 Å². The molecule has 1 saturated heterocycles. The fourth-order valence-corrected chi connectivity index (χ4v) is 2.99. The van der Waals surface area contributed by atoms with Crippen molar-refractivity contribution in [3.05, 3.63) is 23.8 Å². The van der Waals surface area contributed by atoms with E-state index in [0.29, 0.717) is 25.8 Å². The van der Waals surface area contributed by atoms with Gasteiger partial charge in [0, 0.05) is 12.6 Å². The minimum atomic E-state index is 0.302. The summed E-state index contributed by atoms with van der Waals surface area (Å²) < 4.78 is 11.2. The Morgan fingerprint density at radius 1 is 1.05 bits per heavy atom. The van der Waals surface area contributed by atoms with Gasteiger partial charge in [0.1, 0.15) is 13.2 Å². The molecular weight excluding hydrogens is 240 g/mol. The van der Waals surface area contributed by atoms with Crippen molar-refractivity contribution in [2.75, 3.05) is 32.8 Å². The average Bonchev–Trinajstić information content (AvgIpc) is 2.49. The fraction of sp³-hybridized carbons (Fsp3) is 0.600. The molecule has 0 spiro atoms. The zero-order valence-corrected chi connectivity index (χ0v) is 11.3. The molecule has 0 aliphatic carbocycles. The highest BCUT2D eigenvalue weighted by Gasteiger charge is 2.22. The van der Waals surface area contributed by atoms with Gasteiger partial charge in [0.2, 0.25) is 0 Å². The molecule has 2 heterocycles. The van der Waals surface area contributed by atoms with E-state index in [9.17, 15) is 0 Å². The topological polar surface area (TPSA) is 47.7 Å². The first-order chi connectivity index (χ1) is 9.38. The molecule has 2 aliphatic heterocycles. The fourth-order valence-electron chi connectivity index (χ4n) is 2.99. The zero-order chi connectivity index (χ0) is 13.1. The average molecular weight is 262 g/mol. The van der Waals surface area contributed by atoms with Crippen molar-refractivity contribution in [3.63, 3.8) is 0 Å². The van der Waals surface area contributed by atoms with E-state index in [1.54, 1.807) is 0 Å². The van der Waals surface area contributed by atoms with E-state index in [4.69, 9.17) is 15.2 Å². The summed E-state index contributed by atoms with van der Waals surface area (Å²) in [6.45, 7) is 4.22. The largest absolute Gasteiger partial charge is 0.486 e. The summed E-state index contributed by atoms with van der Waals surface area (Å²) in [6, 6.07) is 6.53. The molecule has 0 radical (unpaired) electrons. The Balaban J connectivity index is 1.82. The number of benzene rings is 1. The summed E-state index contributed by atoms with van der Waals surface area (Å²) in [4.78, 5) is 2.49. The summed E-state index contributed by atoms with van der Waals surface area (Å²) in [6.07, 6.45) is 3.90. The summed E-state index contributed by atoms with van der Waals surface area (Å²) in [5.74, 6) is 1.71. The van der Waals surface area contributed by atoms with Crippen molar-refractivity contribution in [1.82, 2.24) is 4.90 Å². The molecule has 19 heavy (non-hydrogen) atoms. The molecule has 1 fully saturated rings. The standard InChI is InChI=1S/C15H22N2O2/c16-11-13(17-6-2-1-3-7-17)12-4-5-14-15(10-12)19-9-8-18-14/h4-5,10,13H,1-3,6-9,11,16H2. The normalized spacial score (nSPS) is 21.1. The molecule has 1 atom stereocenters. The highest BCUT2D eigenvalue weighted by molar-refractivity contribution is 5.44. The lowest BCUT2D eigenvalue weighted by molar-refractivity contribution is 0.161. The number of fused-ring (bicyclic) bond motifs is 1. The van der Waals surface area contributed by atoms with Crippen LogP contribution in [0.3, 0.4) is 0 Å². The minimum absolute atomic E-state index is 0.302. The van der Waals surface area contributed by atoms with Crippen LogP contribution in [0.15, 0.2) is 18.2 Å². The number of hydrogen-bond donors (Lipinski definition) is 1. The molecule has 1 aromatic rings. The van der Waals surface area contributed by atoms with E-state index in [-0.39, 0.29) is 0 Å². The van der Waals surface area contributed by atoms with Crippen LogP contribution in [0.1, 0.15) is 30.9 Å². The van der Waals surface area contributed by atoms with Gasteiger partial charge in [-0.1, -0.05) is 12.5 Å². The van der Waals surface area contributed by atoms with Crippen LogP contribution < -0.4 is 15.2 Å². The molecule has 0 amide bonds. The molecule has 4 nitrogen and oxygen atoms in total. The highest BCUT2D eigenvalue weighted by atomic mass is 16.6. The second kappa shape index (κ2) is 5.80. The predicted octanol–water partition coefficient (Wildman–Crippen LogP) is 1.94. The number of piperidine rings is 1. The van der Waals surface area contributed by atoms with Gasteiger partial charge in [-0.2, -0.15) is 0 Å². The van der Waals surface area contributed by atoms with E-state index in [1.807, 2.05) is 6.07 Å². The lowest BCUT2D eigenvalue weighted by Crippen LogP contribution is -2.37. The third kappa shape index (κ3) is 2.69. The van der Waals surface area contributed by atoms with Gasteiger partial charge in [-0.25, -0.2) is 0 Å². The third-order valence-corrected chi connectivity index (χ3v) is 4.01. The maximum atomic E-state index is 6.00. The van der Waals surface area contributed by atoms with Crippen molar-refractivity contribution in [3.8, 4) is 11.5 Å². The van der Waals surface area contributed by atoms with Crippen molar-refractivity contribution in [2.24, 2.45) is 5.73 Å². The van der Waals surface area contributed by atoms with E-state index in [0.717, 1.165) is 24.6 Å². The van der Waals surface area contributed by atoms with Crippen LogP contribution >= 0.6 is 0 Å². The number of hydrogen-bond acceptors (Lipinski definition) is 4. The Morgan fingerprint density at radius 3 is 2.53 bits per heavy atom. The molecule has 1 unspecified atom stereocenters. The van der Waals surface area contributed by atoms with Crippen molar-refractivity contribution in [1.29, 1.82) is 0 Å². The second-order valence-corrected chi connectivity index (χ2v) is 5.25. The van der Waals surface area contributed by atoms with Crippen LogP contribution in [0.4, 0.5) is 0 Å². The molecule has 0 aromatic heterocycles. The molecule has 2 aliphatic rings. The Bertz CT molecular complexity index is 430. The van der Waals surface area contributed by atoms with Crippen molar-refractivity contribution >= 4 is 0 Å². The quantitative estimate of drug-likeness (QED) is 0.904. The van der Waals surface area contributed by atoms with Crippen LogP contribution in [0.5, 0.6) is 11.5 Å². The smallest absolute Gasteiger partial charge is 0.161 e. The monoisotopic (exact) mass is 262 g/mol. The van der Waals surface area contributed by atoms with Gasteiger partial charge in [-0.15, -0.1) is 0 Å². The highest BCUT2D eigenvalue weighted by Crippen LogP contribution is 2.34. The number of rotatable bonds is 3. The van der Waals surface area contributed by atoms with Gasteiger partial charge >= 0.3 is 0 Å². The molecule has 1 aromatic carbocycles. The number of nitrogens with zero attached hydrogens (tertiary/aromatic N) is 1. The molecule has 3 rings (SSSR count). The predicted molar refractivity (Wildman–Crippen MR) is 74.7 cm³/mol. The second-order valence-electron chi connectivity index (χ2n) is 5.25. The van der Waals surface area contributed by atoms with E-state index in [2.05, 4.69) is 17.0 Å².